The maximum Gasteiger partial charge on any atom is 0.244 e. The van der Waals surface area contributed by atoms with Crippen LogP contribution in [-0.2, 0) is 32.8 Å². The highest BCUT2D eigenvalue weighted by molar-refractivity contribution is 7.92. The highest BCUT2D eigenvalue weighted by Crippen LogP contribution is 2.24. The number of carbonyl (C=O) groups is 2. The molecule has 0 fully saturated rings. The third-order valence-electron chi connectivity index (χ3n) is 6.29. The summed E-state index contributed by atoms with van der Waals surface area (Å²) in [6.45, 7) is 3.87. The maximum atomic E-state index is 13.7. The number of carbonyl (C=O) groups excluding carboxylic acids is 2. The fourth-order valence-corrected chi connectivity index (χ4v) is 4.97. The van der Waals surface area contributed by atoms with Gasteiger partial charge in [-0.1, -0.05) is 61.5 Å². The highest BCUT2D eigenvalue weighted by atomic mass is 32.2. The lowest BCUT2D eigenvalue weighted by Crippen LogP contribution is -2.51. The fraction of sp³-hybridized carbons (Fsp3) is 0.310. The molecule has 3 aromatic carbocycles. The number of sulfonamides is 1. The van der Waals surface area contributed by atoms with Gasteiger partial charge in [0.05, 0.1) is 11.9 Å². The van der Waals surface area contributed by atoms with Gasteiger partial charge >= 0.3 is 0 Å². The molecule has 0 heterocycles. The average Bonchev–Trinajstić information content (AvgIpc) is 2.91. The van der Waals surface area contributed by atoms with E-state index in [1.165, 1.54) is 11.9 Å². The zero-order valence-corrected chi connectivity index (χ0v) is 23.1. The van der Waals surface area contributed by atoms with Gasteiger partial charge in [-0.15, -0.1) is 0 Å². The van der Waals surface area contributed by atoms with Gasteiger partial charge in [0.15, 0.2) is 0 Å². The van der Waals surface area contributed by atoms with Crippen LogP contribution in [0.3, 0.4) is 0 Å². The first-order valence-electron chi connectivity index (χ1n) is 12.4. The summed E-state index contributed by atoms with van der Waals surface area (Å²) in [7, 11) is -2.29. The molecule has 8 nitrogen and oxygen atoms in total. The van der Waals surface area contributed by atoms with E-state index >= 15 is 0 Å². The second kappa shape index (κ2) is 13.1. The van der Waals surface area contributed by atoms with Crippen LogP contribution in [0.15, 0.2) is 78.9 Å². The van der Waals surface area contributed by atoms with Crippen LogP contribution in [-0.4, -0.2) is 51.0 Å². The Morgan fingerprint density at radius 3 is 2.16 bits per heavy atom. The van der Waals surface area contributed by atoms with Gasteiger partial charge in [-0.2, -0.15) is 0 Å². The number of hydrogen-bond acceptors (Lipinski definition) is 5. The van der Waals surface area contributed by atoms with Crippen LogP contribution in [0.5, 0.6) is 5.75 Å². The minimum absolute atomic E-state index is 0.182. The Kier molecular flexibility index (Phi) is 9.90. The number of nitrogens with one attached hydrogen (secondary N) is 1. The van der Waals surface area contributed by atoms with Crippen LogP contribution >= 0.6 is 0 Å². The number of benzene rings is 3. The van der Waals surface area contributed by atoms with Gasteiger partial charge in [0.2, 0.25) is 21.8 Å². The molecular weight excluding hydrogens is 502 g/mol. The van der Waals surface area contributed by atoms with Gasteiger partial charge in [-0.05, 0) is 54.3 Å². The number of hydrogen-bond donors (Lipinski definition) is 1. The zero-order valence-electron chi connectivity index (χ0n) is 22.3. The van der Waals surface area contributed by atoms with E-state index in [0.29, 0.717) is 24.5 Å². The van der Waals surface area contributed by atoms with Crippen molar-refractivity contribution in [2.45, 2.75) is 39.5 Å². The van der Waals surface area contributed by atoms with E-state index in [4.69, 9.17) is 4.74 Å². The minimum Gasteiger partial charge on any atom is -0.489 e. The Morgan fingerprint density at radius 1 is 0.947 bits per heavy atom. The van der Waals surface area contributed by atoms with Gasteiger partial charge in [-0.25, -0.2) is 8.42 Å². The molecule has 0 aliphatic heterocycles. The van der Waals surface area contributed by atoms with Crippen molar-refractivity contribution in [3.63, 3.8) is 0 Å². The number of amides is 2. The van der Waals surface area contributed by atoms with Crippen LogP contribution in [0.25, 0.3) is 0 Å². The molecule has 38 heavy (non-hydrogen) atoms. The normalized spacial score (nSPS) is 11.9. The van der Waals surface area contributed by atoms with E-state index in [-0.39, 0.29) is 12.5 Å². The summed E-state index contributed by atoms with van der Waals surface area (Å²) >= 11 is 0. The number of aryl methyl sites for hydroxylation is 1. The standard InChI is InChI=1S/C29H35N3O5S/c1-5-27(29(34)30-3)31(19-24-14-10-9-11-22(24)2)28(33)20-32(38(4,35)36)25-15-17-26(18-16-25)37-21-23-12-7-6-8-13-23/h6-18,27H,5,19-21H2,1-4H3,(H,30,34). The van der Waals surface area contributed by atoms with Crippen molar-refractivity contribution in [3.05, 3.63) is 95.6 Å². The minimum atomic E-state index is -3.81. The predicted molar refractivity (Wildman–Crippen MR) is 149 cm³/mol. The molecule has 0 aliphatic rings. The van der Waals surface area contributed by atoms with Crippen LogP contribution in [0, 0.1) is 6.92 Å². The second-order valence-corrected chi connectivity index (χ2v) is 10.9. The lowest BCUT2D eigenvalue weighted by molar-refractivity contribution is -0.140. The molecule has 1 unspecified atom stereocenters. The summed E-state index contributed by atoms with van der Waals surface area (Å²) in [6, 6.07) is 23.1. The Balaban J connectivity index is 1.84. The van der Waals surface area contributed by atoms with Crippen molar-refractivity contribution < 1.29 is 22.7 Å². The third-order valence-corrected chi connectivity index (χ3v) is 7.43. The van der Waals surface area contributed by atoms with Crippen LogP contribution in [0.2, 0.25) is 0 Å². The predicted octanol–water partition coefficient (Wildman–Crippen LogP) is 3.89. The van der Waals surface area contributed by atoms with Gasteiger partial charge in [0.25, 0.3) is 0 Å². The summed E-state index contributed by atoms with van der Waals surface area (Å²) in [5, 5.41) is 2.62. The molecule has 3 aromatic rings. The average molecular weight is 538 g/mol. The maximum absolute atomic E-state index is 13.7. The Labute approximate surface area is 225 Å². The molecule has 1 atom stereocenters. The van der Waals surface area contributed by atoms with E-state index in [1.807, 2.05) is 68.4 Å². The van der Waals surface area contributed by atoms with E-state index < -0.39 is 28.5 Å². The molecule has 0 bridgehead atoms. The van der Waals surface area contributed by atoms with Gasteiger partial charge < -0.3 is 15.0 Å². The number of likely N-dealkylation sites (N-methyl/N-ethyl adjacent to an activating group) is 1. The van der Waals surface area contributed by atoms with Gasteiger partial charge in [-0.3, -0.25) is 13.9 Å². The highest BCUT2D eigenvalue weighted by Gasteiger charge is 2.31. The zero-order chi connectivity index (χ0) is 27.7. The third kappa shape index (κ3) is 7.58. The molecule has 0 radical (unpaired) electrons. The molecule has 0 aliphatic carbocycles. The van der Waals surface area contributed by atoms with Crippen LogP contribution in [0.4, 0.5) is 5.69 Å². The van der Waals surface area contributed by atoms with Gasteiger partial charge in [0, 0.05) is 13.6 Å². The van der Waals surface area contributed by atoms with Crippen LogP contribution in [0.1, 0.15) is 30.0 Å². The van der Waals surface area contributed by atoms with Crippen molar-refractivity contribution in [1.29, 1.82) is 0 Å². The van der Waals surface area contributed by atoms with E-state index in [1.54, 1.807) is 24.3 Å². The lowest BCUT2D eigenvalue weighted by Gasteiger charge is -2.33. The summed E-state index contributed by atoms with van der Waals surface area (Å²) in [4.78, 5) is 27.8. The van der Waals surface area contributed by atoms with Crippen molar-refractivity contribution in [3.8, 4) is 5.75 Å². The van der Waals surface area contributed by atoms with Crippen molar-refractivity contribution in [1.82, 2.24) is 10.2 Å². The second-order valence-electron chi connectivity index (χ2n) is 9.02. The Morgan fingerprint density at radius 2 is 1.58 bits per heavy atom. The molecule has 0 saturated carbocycles. The summed E-state index contributed by atoms with van der Waals surface area (Å²) < 4.78 is 32.4. The molecular formula is C29H35N3O5S. The quantitative estimate of drug-likeness (QED) is 0.378. The van der Waals surface area contributed by atoms with Crippen molar-refractivity contribution in [2.75, 3.05) is 24.2 Å². The SMILES string of the molecule is CCC(C(=O)NC)N(Cc1ccccc1C)C(=O)CN(c1ccc(OCc2ccccc2)cc1)S(C)(=O)=O. The topological polar surface area (TPSA) is 96.0 Å². The molecule has 2 amide bonds. The van der Waals surface area contributed by atoms with E-state index in [0.717, 1.165) is 27.3 Å². The molecule has 9 heteroatoms. The number of nitrogens with zero attached hydrogens (tertiary/aromatic N) is 2. The largest absolute Gasteiger partial charge is 0.489 e. The molecule has 0 saturated heterocycles. The van der Waals surface area contributed by atoms with Crippen LogP contribution < -0.4 is 14.4 Å². The molecule has 1 N–H and O–H groups in total. The fourth-order valence-electron chi connectivity index (χ4n) is 4.12. The number of rotatable bonds is 12. The molecule has 3 rings (SSSR count). The number of anilines is 1. The first-order valence-corrected chi connectivity index (χ1v) is 14.3. The van der Waals surface area contributed by atoms with Crippen molar-refractivity contribution in [2.24, 2.45) is 0 Å². The van der Waals surface area contributed by atoms with Crippen molar-refractivity contribution >= 4 is 27.5 Å². The molecule has 0 spiro atoms. The summed E-state index contributed by atoms with van der Waals surface area (Å²) in [5.41, 5.74) is 3.20. The lowest BCUT2D eigenvalue weighted by atomic mass is 10.1. The Hall–Kier alpha value is -3.85. The van der Waals surface area contributed by atoms with E-state index in [2.05, 4.69) is 5.32 Å². The molecule has 202 valence electrons. The van der Waals surface area contributed by atoms with Gasteiger partial charge in [0.1, 0.15) is 24.9 Å². The van der Waals surface area contributed by atoms with E-state index in [9.17, 15) is 18.0 Å². The molecule has 0 aromatic heterocycles. The summed E-state index contributed by atoms with van der Waals surface area (Å²) in [5.74, 6) is -0.206. The first-order chi connectivity index (χ1) is 18.1. The summed E-state index contributed by atoms with van der Waals surface area (Å²) in [6.07, 6.45) is 1.44. The Bertz CT molecular complexity index is 1330. The number of ether oxygens (including phenoxy) is 1. The monoisotopic (exact) mass is 537 g/mol. The first kappa shape index (κ1) is 28.7. The smallest absolute Gasteiger partial charge is 0.244 e.